The summed E-state index contributed by atoms with van der Waals surface area (Å²) in [6.45, 7) is 0.617. The molecule has 1 aliphatic rings. The first-order valence-electron chi connectivity index (χ1n) is 8.12. The summed E-state index contributed by atoms with van der Waals surface area (Å²) >= 11 is 5.86. The standard InChI is InChI=1S/C19H18ClNO4/c20-14-10-8-13(9-11-14)18(22)15-5-1-2-6-16(15)19(23)21-25-17-7-3-4-12-24-17/h1-2,5-6,8-11,17H,3-4,7,12H2,(H,21,23)/t17-/m0/s1. The summed E-state index contributed by atoms with van der Waals surface area (Å²) in [6.07, 6.45) is 2.26. The van der Waals surface area contributed by atoms with Crippen LogP contribution in [-0.4, -0.2) is 24.6 Å². The van der Waals surface area contributed by atoms with Gasteiger partial charge in [-0.15, -0.1) is 0 Å². The topological polar surface area (TPSA) is 64.6 Å². The van der Waals surface area contributed by atoms with E-state index in [1.165, 1.54) is 0 Å². The van der Waals surface area contributed by atoms with E-state index in [2.05, 4.69) is 5.48 Å². The van der Waals surface area contributed by atoms with Crippen LogP contribution in [0.4, 0.5) is 0 Å². The Bertz CT molecular complexity index is 754. The second-order valence-corrected chi connectivity index (χ2v) is 6.16. The van der Waals surface area contributed by atoms with Crippen molar-refractivity contribution in [2.24, 2.45) is 0 Å². The van der Waals surface area contributed by atoms with Gasteiger partial charge in [-0.2, -0.15) is 0 Å². The van der Waals surface area contributed by atoms with Crippen LogP contribution < -0.4 is 5.48 Å². The molecule has 2 aromatic rings. The van der Waals surface area contributed by atoms with Crippen molar-refractivity contribution in [3.8, 4) is 0 Å². The summed E-state index contributed by atoms with van der Waals surface area (Å²) in [5.41, 5.74) is 3.40. The molecule has 0 aromatic heterocycles. The van der Waals surface area contributed by atoms with Crippen molar-refractivity contribution in [3.05, 3.63) is 70.2 Å². The molecule has 0 bridgehead atoms. The Morgan fingerprint density at radius 3 is 2.44 bits per heavy atom. The molecule has 25 heavy (non-hydrogen) atoms. The summed E-state index contributed by atoms with van der Waals surface area (Å²) in [7, 11) is 0. The minimum Gasteiger partial charge on any atom is -0.350 e. The normalized spacial score (nSPS) is 17.1. The molecule has 3 rings (SSSR count). The van der Waals surface area contributed by atoms with Crippen LogP contribution in [-0.2, 0) is 9.57 Å². The highest BCUT2D eigenvalue weighted by molar-refractivity contribution is 6.30. The second kappa shape index (κ2) is 8.25. The lowest BCUT2D eigenvalue weighted by molar-refractivity contribution is -0.186. The maximum Gasteiger partial charge on any atom is 0.275 e. The number of ether oxygens (including phenoxy) is 1. The van der Waals surface area contributed by atoms with Crippen LogP contribution in [0.15, 0.2) is 48.5 Å². The Morgan fingerprint density at radius 1 is 1.04 bits per heavy atom. The number of carbonyl (C=O) groups is 2. The van der Waals surface area contributed by atoms with Crippen molar-refractivity contribution >= 4 is 23.3 Å². The zero-order valence-corrected chi connectivity index (χ0v) is 14.3. The summed E-state index contributed by atoms with van der Waals surface area (Å²) in [5.74, 6) is -0.733. The molecule has 1 fully saturated rings. The number of halogens is 1. The van der Waals surface area contributed by atoms with Crippen molar-refractivity contribution in [1.29, 1.82) is 0 Å². The van der Waals surface area contributed by atoms with Gasteiger partial charge >= 0.3 is 0 Å². The summed E-state index contributed by atoms with van der Waals surface area (Å²) in [6, 6.07) is 13.2. The Balaban J connectivity index is 1.74. The molecule has 0 saturated carbocycles. The molecular weight excluding hydrogens is 342 g/mol. The highest BCUT2D eigenvalue weighted by atomic mass is 35.5. The second-order valence-electron chi connectivity index (χ2n) is 5.73. The predicted octanol–water partition coefficient (Wildman–Crippen LogP) is 3.76. The zero-order valence-electron chi connectivity index (χ0n) is 13.5. The minimum atomic E-state index is -0.480. The van der Waals surface area contributed by atoms with Gasteiger partial charge in [0.1, 0.15) is 0 Å². The van der Waals surface area contributed by atoms with E-state index in [4.69, 9.17) is 21.2 Å². The van der Waals surface area contributed by atoms with Crippen molar-refractivity contribution in [2.45, 2.75) is 25.6 Å². The van der Waals surface area contributed by atoms with Crippen LogP contribution >= 0.6 is 11.6 Å². The highest BCUT2D eigenvalue weighted by Gasteiger charge is 2.20. The van der Waals surface area contributed by atoms with E-state index in [9.17, 15) is 9.59 Å². The minimum absolute atomic E-state index is 0.248. The number of rotatable bonds is 5. The third-order valence-corrected chi connectivity index (χ3v) is 4.20. The highest BCUT2D eigenvalue weighted by Crippen LogP contribution is 2.18. The van der Waals surface area contributed by atoms with Crippen molar-refractivity contribution in [1.82, 2.24) is 5.48 Å². The monoisotopic (exact) mass is 359 g/mol. The third-order valence-electron chi connectivity index (χ3n) is 3.94. The largest absolute Gasteiger partial charge is 0.350 e. The maximum absolute atomic E-state index is 12.7. The van der Waals surface area contributed by atoms with Crippen LogP contribution in [0.25, 0.3) is 0 Å². The molecule has 0 aliphatic carbocycles. The lowest BCUT2D eigenvalue weighted by Crippen LogP contribution is -2.33. The molecule has 1 N–H and O–H groups in total. The smallest absolute Gasteiger partial charge is 0.275 e. The van der Waals surface area contributed by atoms with Gasteiger partial charge in [-0.05, 0) is 43.2 Å². The number of ketones is 1. The van der Waals surface area contributed by atoms with Gasteiger partial charge in [-0.3, -0.25) is 9.59 Å². The fraction of sp³-hybridized carbons (Fsp3) is 0.263. The van der Waals surface area contributed by atoms with Gasteiger partial charge in [0, 0.05) is 29.2 Å². The summed E-state index contributed by atoms with van der Waals surface area (Å²) in [4.78, 5) is 30.4. The fourth-order valence-corrected chi connectivity index (χ4v) is 2.74. The van der Waals surface area contributed by atoms with E-state index >= 15 is 0 Å². The van der Waals surface area contributed by atoms with Crippen LogP contribution in [0.1, 0.15) is 45.5 Å². The Hall–Kier alpha value is -2.21. The van der Waals surface area contributed by atoms with Gasteiger partial charge in [0.2, 0.25) is 0 Å². The number of carbonyl (C=O) groups excluding carboxylic acids is 2. The van der Waals surface area contributed by atoms with Crippen LogP contribution in [0, 0.1) is 0 Å². The number of hydroxylamine groups is 1. The van der Waals surface area contributed by atoms with Crippen LogP contribution in [0.2, 0.25) is 5.02 Å². The molecule has 0 spiro atoms. The molecule has 1 amide bonds. The van der Waals surface area contributed by atoms with Gasteiger partial charge in [0.15, 0.2) is 12.1 Å². The summed E-state index contributed by atoms with van der Waals surface area (Å²) in [5, 5.41) is 0.545. The average molecular weight is 360 g/mol. The molecule has 1 atom stereocenters. The van der Waals surface area contributed by atoms with E-state index in [1.54, 1.807) is 48.5 Å². The predicted molar refractivity (Wildman–Crippen MR) is 93.5 cm³/mol. The Morgan fingerprint density at radius 2 is 1.76 bits per heavy atom. The zero-order chi connectivity index (χ0) is 17.6. The molecule has 1 saturated heterocycles. The van der Waals surface area contributed by atoms with Crippen LogP contribution in [0.5, 0.6) is 0 Å². The van der Waals surface area contributed by atoms with E-state index < -0.39 is 12.2 Å². The van der Waals surface area contributed by atoms with Crippen molar-refractivity contribution in [3.63, 3.8) is 0 Å². The summed E-state index contributed by atoms with van der Waals surface area (Å²) < 4.78 is 5.41. The SMILES string of the molecule is O=C(NO[C@H]1CCCCO1)c1ccccc1C(=O)c1ccc(Cl)cc1. The number of amides is 1. The van der Waals surface area contributed by atoms with E-state index in [1.807, 2.05) is 0 Å². The quantitative estimate of drug-likeness (QED) is 0.652. The van der Waals surface area contributed by atoms with Gasteiger partial charge in [0.05, 0.1) is 5.56 Å². The third kappa shape index (κ3) is 4.45. The van der Waals surface area contributed by atoms with E-state index in [0.717, 1.165) is 19.3 Å². The first-order valence-corrected chi connectivity index (χ1v) is 8.50. The van der Waals surface area contributed by atoms with Crippen LogP contribution in [0.3, 0.4) is 0 Å². The average Bonchev–Trinajstić information content (AvgIpc) is 2.67. The lowest BCUT2D eigenvalue weighted by Gasteiger charge is -2.22. The maximum atomic E-state index is 12.7. The number of nitrogens with one attached hydrogen (secondary N) is 1. The molecule has 1 heterocycles. The van der Waals surface area contributed by atoms with Gasteiger partial charge in [0.25, 0.3) is 5.91 Å². The lowest BCUT2D eigenvalue weighted by atomic mass is 9.98. The van der Waals surface area contributed by atoms with Gasteiger partial charge in [-0.1, -0.05) is 29.8 Å². The molecule has 130 valence electrons. The number of hydrogen-bond acceptors (Lipinski definition) is 4. The molecule has 0 unspecified atom stereocenters. The van der Waals surface area contributed by atoms with E-state index in [-0.39, 0.29) is 11.3 Å². The Labute approximate surface area is 150 Å². The molecule has 6 heteroatoms. The van der Waals surface area contributed by atoms with Crippen molar-refractivity contribution in [2.75, 3.05) is 6.61 Å². The molecule has 5 nitrogen and oxygen atoms in total. The molecule has 2 aromatic carbocycles. The number of benzene rings is 2. The van der Waals surface area contributed by atoms with E-state index in [0.29, 0.717) is 22.8 Å². The van der Waals surface area contributed by atoms with Crippen molar-refractivity contribution < 1.29 is 19.2 Å². The molecule has 1 aliphatic heterocycles. The van der Waals surface area contributed by atoms with Gasteiger partial charge in [-0.25, -0.2) is 10.3 Å². The first kappa shape index (κ1) is 17.6. The fourth-order valence-electron chi connectivity index (χ4n) is 2.61. The molecular formula is C19H18ClNO4. The molecule has 0 radical (unpaired) electrons. The van der Waals surface area contributed by atoms with Gasteiger partial charge < -0.3 is 4.74 Å². The Kier molecular flexibility index (Phi) is 5.81. The first-order chi connectivity index (χ1) is 12.1. The number of hydrogen-bond donors (Lipinski definition) is 1.